The highest BCUT2D eigenvalue weighted by molar-refractivity contribution is 8.14. The van der Waals surface area contributed by atoms with Gasteiger partial charge in [0.2, 0.25) is 5.91 Å². The van der Waals surface area contributed by atoms with Crippen molar-refractivity contribution in [3.63, 3.8) is 0 Å². The zero-order valence-corrected chi connectivity index (χ0v) is 19.5. The molecule has 170 valence electrons. The van der Waals surface area contributed by atoms with Gasteiger partial charge < -0.3 is 10.1 Å². The summed E-state index contributed by atoms with van der Waals surface area (Å²) in [7, 11) is 1.30. The van der Waals surface area contributed by atoms with Gasteiger partial charge in [-0.15, -0.1) is 0 Å². The number of carbonyl (C=O) groups excluding carboxylic acids is 3. The van der Waals surface area contributed by atoms with Gasteiger partial charge in [-0.1, -0.05) is 96.7 Å². The number of nitrogens with one attached hydrogen (secondary N) is 1. The molecule has 0 aromatic heterocycles. The molecule has 0 saturated heterocycles. The monoisotopic (exact) mass is 461 g/mol. The summed E-state index contributed by atoms with van der Waals surface area (Å²) in [6.45, 7) is 1.43. The topological polar surface area (TPSA) is 72.5 Å². The fraction of sp³-hybridized carbons (Fsp3) is 0.222. The largest absolute Gasteiger partial charge is 0.467 e. The van der Waals surface area contributed by atoms with Gasteiger partial charge in [0.15, 0.2) is 5.12 Å². The minimum atomic E-state index is -0.851. The fourth-order valence-electron chi connectivity index (χ4n) is 3.52. The number of ether oxygens (including phenoxy) is 1. The summed E-state index contributed by atoms with van der Waals surface area (Å²) in [4.78, 5) is 37.2. The third kappa shape index (κ3) is 7.32. The number of esters is 1. The van der Waals surface area contributed by atoms with E-state index in [1.807, 2.05) is 84.9 Å². The molecule has 6 heteroatoms. The van der Waals surface area contributed by atoms with Crippen LogP contribution < -0.4 is 5.32 Å². The normalized spacial score (nSPS) is 12.4. The molecule has 0 saturated carbocycles. The summed E-state index contributed by atoms with van der Waals surface area (Å²) in [6.07, 6.45) is 0.673. The number of benzene rings is 3. The number of hydrogen-bond acceptors (Lipinski definition) is 5. The zero-order valence-electron chi connectivity index (χ0n) is 18.7. The highest BCUT2D eigenvalue weighted by atomic mass is 32.2. The maximum absolute atomic E-state index is 13.1. The van der Waals surface area contributed by atoms with Crippen molar-refractivity contribution in [3.8, 4) is 11.1 Å². The van der Waals surface area contributed by atoms with Gasteiger partial charge in [-0.2, -0.15) is 0 Å². The molecule has 0 spiro atoms. The van der Waals surface area contributed by atoms with Crippen LogP contribution >= 0.6 is 11.8 Å². The van der Waals surface area contributed by atoms with E-state index in [2.05, 4.69) is 5.32 Å². The molecular formula is C27H27NO4S. The molecule has 33 heavy (non-hydrogen) atoms. The summed E-state index contributed by atoms with van der Waals surface area (Å²) >= 11 is 0.967. The summed E-state index contributed by atoms with van der Waals surface area (Å²) < 4.78 is 4.93. The summed E-state index contributed by atoms with van der Waals surface area (Å²) in [5, 5.41) is 2.01. The maximum Gasteiger partial charge on any atom is 0.328 e. The highest BCUT2D eigenvalue weighted by Crippen LogP contribution is 2.21. The van der Waals surface area contributed by atoms with E-state index in [-0.39, 0.29) is 17.4 Å². The van der Waals surface area contributed by atoms with E-state index in [4.69, 9.17) is 4.74 Å². The average molecular weight is 462 g/mol. The van der Waals surface area contributed by atoms with Crippen LogP contribution in [0, 0.1) is 0 Å². The average Bonchev–Trinajstić information content (AvgIpc) is 2.84. The minimum absolute atomic E-state index is 0.155. The van der Waals surface area contributed by atoms with Gasteiger partial charge in [0.25, 0.3) is 0 Å². The Morgan fingerprint density at radius 1 is 0.788 bits per heavy atom. The third-order valence-corrected chi connectivity index (χ3v) is 6.16. The molecule has 0 heterocycles. The number of hydrogen-bond donors (Lipinski definition) is 1. The van der Waals surface area contributed by atoms with Crippen LogP contribution in [-0.4, -0.2) is 35.4 Å². The Morgan fingerprint density at radius 3 is 1.91 bits per heavy atom. The summed E-state index contributed by atoms with van der Waals surface area (Å²) in [5.74, 6) is -0.892. The number of rotatable bonds is 9. The van der Waals surface area contributed by atoms with Crippen LogP contribution in [0.15, 0.2) is 84.9 Å². The van der Waals surface area contributed by atoms with E-state index in [1.165, 1.54) is 14.0 Å². The van der Waals surface area contributed by atoms with Gasteiger partial charge in [0, 0.05) is 13.3 Å². The van der Waals surface area contributed by atoms with E-state index < -0.39 is 17.3 Å². The number of carbonyl (C=O) groups is 3. The van der Waals surface area contributed by atoms with Gasteiger partial charge in [-0.05, 0) is 28.7 Å². The van der Waals surface area contributed by atoms with Crippen LogP contribution in [0.5, 0.6) is 0 Å². The lowest BCUT2D eigenvalue weighted by molar-refractivity contribution is -0.145. The lowest BCUT2D eigenvalue weighted by Crippen LogP contribution is -2.47. The first-order valence-corrected chi connectivity index (χ1v) is 11.6. The summed E-state index contributed by atoms with van der Waals surface area (Å²) in [5.41, 5.74) is 4.01. The van der Waals surface area contributed by atoms with Gasteiger partial charge in [0.1, 0.15) is 6.04 Å². The second-order valence-corrected chi connectivity index (χ2v) is 9.02. The van der Waals surface area contributed by atoms with Crippen molar-refractivity contribution >= 4 is 28.8 Å². The van der Waals surface area contributed by atoms with Crippen molar-refractivity contribution in [1.82, 2.24) is 5.32 Å². The molecule has 0 radical (unpaired) electrons. The molecule has 3 aromatic rings. The molecular weight excluding hydrogens is 434 g/mol. The van der Waals surface area contributed by atoms with Crippen LogP contribution in [0.3, 0.4) is 0 Å². The molecule has 1 unspecified atom stereocenters. The van der Waals surface area contributed by atoms with Crippen molar-refractivity contribution in [2.45, 2.75) is 31.1 Å². The van der Waals surface area contributed by atoms with Crippen LogP contribution in [0.1, 0.15) is 18.1 Å². The second-order valence-electron chi connectivity index (χ2n) is 7.64. The number of methoxy groups -OCH3 is 1. The SMILES string of the molecule is COC(=O)[C@H](Cc1ccc(-c2ccccc2)cc1)NC(=O)C(Cc1ccccc1)SC(C)=O. The molecule has 0 aliphatic heterocycles. The Hall–Kier alpha value is -3.38. The van der Waals surface area contributed by atoms with E-state index in [9.17, 15) is 14.4 Å². The predicted molar refractivity (Wildman–Crippen MR) is 132 cm³/mol. The van der Waals surface area contributed by atoms with Crippen LogP contribution in [0.25, 0.3) is 11.1 Å². The number of amides is 1. The Labute approximate surface area is 198 Å². The fourth-order valence-corrected chi connectivity index (χ4v) is 4.37. The molecule has 1 N–H and O–H groups in total. The third-order valence-electron chi connectivity index (χ3n) is 5.17. The standard InChI is InChI=1S/C27H27NO4S/c1-19(29)33-25(18-20-9-5-3-6-10-20)26(30)28-24(27(31)32-2)17-21-13-15-23(16-14-21)22-11-7-4-8-12-22/h3-16,24-25H,17-18H2,1-2H3,(H,28,30)/t24-,25?/m0/s1. The van der Waals surface area contributed by atoms with Crippen molar-refractivity contribution in [2.75, 3.05) is 7.11 Å². The Balaban J connectivity index is 1.72. The zero-order chi connectivity index (χ0) is 23.6. The number of thioether (sulfide) groups is 1. The molecule has 2 atom stereocenters. The second kappa shape index (κ2) is 12.0. The van der Waals surface area contributed by atoms with E-state index in [0.717, 1.165) is 34.0 Å². The lowest BCUT2D eigenvalue weighted by atomic mass is 10.0. The van der Waals surface area contributed by atoms with Crippen LogP contribution in [-0.2, 0) is 32.0 Å². The Bertz CT molecular complexity index is 1070. The lowest BCUT2D eigenvalue weighted by Gasteiger charge is -2.21. The molecule has 0 bridgehead atoms. The van der Waals surface area contributed by atoms with E-state index in [0.29, 0.717) is 6.42 Å². The first-order chi connectivity index (χ1) is 16.0. The van der Waals surface area contributed by atoms with E-state index in [1.54, 1.807) is 0 Å². The molecule has 3 rings (SSSR count). The van der Waals surface area contributed by atoms with Crippen molar-refractivity contribution in [1.29, 1.82) is 0 Å². The quantitative estimate of drug-likeness (QED) is 0.477. The van der Waals surface area contributed by atoms with Crippen molar-refractivity contribution in [3.05, 3.63) is 96.1 Å². The smallest absolute Gasteiger partial charge is 0.328 e. The summed E-state index contributed by atoms with van der Waals surface area (Å²) in [6, 6.07) is 26.5. The first-order valence-electron chi connectivity index (χ1n) is 10.7. The molecule has 0 aliphatic rings. The molecule has 0 fully saturated rings. The first kappa shape index (κ1) is 24.3. The van der Waals surface area contributed by atoms with Crippen molar-refractivity contribution in [2.24, 2.45) is 0 Å². The van der Waals surface area contributed by atoms with Crippen LogP contribution in [0.4, 0.5) is 0 Å². The molecule has 0 aliphatic carbocycles. The van der Waals surface area contributed by atoms with Gasteiger partial charge in [-0.25, -0.2) is 4.79 Å². The van der Waals surface area contributed by atoms with Gasteiger partial charge in [0.05, 0.1) is 12.4 Å². The maximum atomic E-state index is 13.1. The van der Waals surface area contributed by atoms with Crippen LogP contribution in [0.2, 0.25) is 0 Å². The molecule has 1 amide bonds. The molecule has 3 aromatic carbocycles. The Morgan fingerprint density at radius 2 is 1.33 bits per heavy atom. The molecule has 5 nitrogen and oxygen atoms in total. The van der Waals surface area contributed by atoms with E-state index >= 15 is 0 Å². The van der Waals surface area contributed by atoms with Gasteiger partial charge >= 0.3 is 5.97 Å². The predicted octanol–water partition coefficient (Wildman–Crippen LogP) is 4.44. The van der Waals surface area contributed by atoms with Gasteiger partial charge in [-0.3, -0.25) is 9.59 Å². The van der Waals surface area contributed by atoms with Crippen molar-refractivity contribution < 1.29 is 19.1 Å². The minimum Gasteiger partial charge on any atom is -0.467 e. The highest BCUT2D eigenvalue weighted by Gasteiger charge is 2.28. The Kier molecular flexibility index (Phi) is 8.84.